The molecule has 2 aliphatic rings. The number of aromatic nitrogens is 2. The van der Waals surface area contributed by atoms with Crippen LogP contribution in [0.15, 0.2) is 35.1 Å². The van der Waals surface area contributed by atoms with Crippen LogP contribution in [0.2, 0.25) is 0 Å². The number of furan rings is 1. The molecule has 2 amide bonds. The normalized spacial score (nSPS) is 19.5. The summed E-state index contributed by atoms with van der Waals surface area (Å²) in [4.78, 5) is 26.7. The molecule has 7 nitrogen and oxygen atoms in total. The number of carbonyl (C=O) groups excluding carboxylic acids is 2. The molecule has 132 valence electrons. The molecule has 0 bridgehead atoms. The fourth-order valence-corrected chi connectivity index (χ4v) is 3.31. The monoisotopic (exact) mass is 342 g/mol. The lowest BCUT2D eigenvalue weighted by Gasteiger charge is -2.33. The van der Waals surface area contributed by atoms with Gasteiger partial charge in [-0.05, 0) is 37.0 Å². The van der Waals surface area contributed by atoms with Crippen molar-refractivity contribution < 1.29 is 14.0 Å². The van der Waals surface area contributed by atoms with Crippen LogP contribution in [0.25, 0.3) is 0 Å². The Bertz CT molecular complexity index is 748. The topological polar surface area (TPSA) is 80.4 Å². The molecular weight excluding hydrogens is 320 g/mol. The van der Waals surface area contributed by atoms with Crippen molar-refractivity contribution in [3.63, 3.8) is 0 Å². The molecule has 7 heteroatoms. The maximum absolute atomic E-state index is 12.5. The zero-order chi connectivity index (χ0) is 17.2. The molecule has 1 atom stereocenters. The summed E-state index contributed by atoms with van der Waals surface area (Å²) in [6.07, 6.45) is 6.57. The van der Waals surface area contributed by atoms with Crippen LogP contribution in [0.3, 0.4) is 0 Å². The molecule has 1 fully saturated rings. The molecule has 1 saturated carbocycles. The summed E-state index contributed by atoms with van der Waals surface area (Å²) in [7, 11) is 0. The maximum atomic E-state index is 12.5. The third-order valence-electron chi connectivity index (χ3n) is 4.86. The predicted molar refractivity (Wildman–Crippen MR) is 89.2 cm³/mol. The van der Waals surface area contributed by atoms with Crippen LogP contribution in [0, 0.1) is 5.92 Å². The Hall–Kier alpha value is -2.57. The summed E-state index contributed by atoms with van der Waals surface area (Å²) in [5.74, 6) is 1.41. The minimum atomic E-state index is -0.126. The van der Waals surface area contributed by atoms with Gasteiger partial charge in [0.15, 0.2) is 0 Å². The highest BCUT2D eigenvalue weighted by Crippen LogP contribution is 2.34. The number of nitrogens with one attached hydrogen (secondary N) is 1. The van der Waals surface area contributed by atoms with Crippen LogP contribution in [-0.2, 0) is 22.7 Å². The van der Waals surface area contributed by atoms with Gasteiger partial charge in [0.05, 0.1) is 37.5 Å². The van der Waals surface area contributed by atoms with E-state index in [0.29, 0.717) is 38.4 Å². The average Bonchev–Trinajstić information content (AvgIpc) is 3.09. The SMILES string of the molecule is O=C(C[C@H]1CN(C(=O)CC2CC2)Cc2ccnn21)NCc1ccco1. The molecule has 1 aliphatic heterocycles. The van der Waals surface area contributed by atoms with Crippen LogP contribution < -0.4 is 5.32 Å². The summed E-state index contributed by atoms with van der Waals surface area (Å²) < 4.78 is 7.11. The number of hydrogen-bond donors (Lipinski definition) is 1. The van der Waals surface area contributed by atoms with E-state index in [0.717, 1.165) is 24.3 Å². The Morgan fingerprint density at radius 3 is 2.92 bits per heavy atom. The molecule has 4 rings (SSSR count). The van der Waals surface area contributed by atoms with E-state index in [9.17, 15) is 9.59 Å². The highest BCUT2D eigenvalue weighted by Gasteiger charge is 2.32. The quantitative estimate of drug-likeness (QED) is 0.869. The van der Waals surface area contributed by atoms with Crippen LogP contribution in [0.5, 0.6) is 0 Å². The highest BCUT2D eigenvalue weighted by molar-refractivity contribution is 5.78. The van der Waals surface area contributed by atoms with E-state index in [1.165, 1.54) is 0 Å². The zero-order valence-electron chi connectivity index (χ0n) is 14.1. The Morgan fingerprint density at radius 2 is 2.16 bits per heavy atom. The molecule has 0 aromatic carbocycles. The first-order chi connectivity index (χ1) is 12.2. The van der Waals surface area contributed by atoms with Crippen molar-refractivity contribution in [2.45, 2.75) is 44.8 Å². The summed E-state index contributed by atoms with van der Waals surface area (Å²) in [5.41, 5.74) is 0.985. The number of amides is 2. The van der Waals surface area contributed by atoms with E-state index in [1.807, 2.05) is 21.7 Å². The van der Waals surface area contributed by atoms with Gasteiger partial charge in [-0.1, -0.05) is 0 Å². The first kappa shape index (κ1) is 15.9. The van der Waals surface area contributed by atoms with Gasteiger partial charge in [-0.2, -0.15) is 5.10 Å². The van der Waals surface area contributed by atoms with Gasteiger partial charge in [-0.3, -0.25) is 14.3 Å². The number of carbonyl (C=O) groups is 2. The van der Waals surface area contributed by atoms with Gasteiger partial charge in [0.1, 0.15) is 5.76 Å². The Morgan fingerprint density at radius 1 is 1.28 bits per heavy atom. The molecule has 0 spiro atoms. The Balaban J connectivity index is 1.38. The number of hydrogen-bond acceptors (Lipinski definition) is 4. The van der Waals surface area contributed by atoms with Gasteiger partial charge in [0, 0.05) is 19.2 Å². The lowest BCUT2D eigenvalue weighted by molar-refractivity contribution is -0.134. The van der Waals surface area contributed by atoms with Gasteiger partial charge in [0.2, 0.25) is 11.8 Å². The second-order valence-electron chi connectivity index (χ2n) is 6.90. The van der Waals surface area contributed by atoms with E-state index in [2.05, 4.69) is 10.4 Å². The van der Waals surface area contributed by atoms with Crippen LogP contribution in [-0.4, -0.2) is 33.0 Å². The molecule has 3 heterocycles. The molecule has 2 aromatic heterocycles. The van der Waals surface area contributed by atoms with Crippen LogP contribution in [0.1, 0.15) is 43.2 Å². The van der Waals surface area contributed by atoms with E-state index in [-0.39, 0.29) is 17.9 Å². The summed E-state index contributed by atoms with van der Waals surface area (Å²) in [6.45, 7) is 1.49. The van der Waals surface area contributed by atoms with Crippen LogP contribution >= 0.6 is 0 Å². The lowest BCUT2D eigenvalue weighted by Crippen LogP contribution is -2.43. The smallest absolute Gasteiger partial charge is 0.223 e. The minimum Gasteiger partial charge on any atom is -0.467 e. The third kappa shape index (κ3) is 3.75. The summed E-state index contributed by atoms with van der Waals surface area (Å²) in [5, 5.41) is 7.21. The lowest BCUT2D eigenvalue weighted by atomic mass is 10.1. The molecule has 0 radical (unpaired) electrons. The van der Waals surface area contributed by atoms with E-state index in [1.54, 1.807) is 18.5 Å². The van der Waals surface area contributed by atoms with E-state index < -0.39 is 0 Å². The molecule has 0 unspecified atom stereocenters. The maximum Gasteiger partial charge on any atom is 0.223 e. The zero-order valence-corrected chi connectivity index (χ0v) is 14.1. The molecular formula is C18H22N4O3. The third-order valence-corrected chi connectivity index (χ3v) is 4.86. The van der Waals surface area contributed by atoms with E-state index >= 15 is 0 Å². The second kappa shape index (κ2) is 6.74. The van der Waals surface area contributed by atoms with Crippen LogP contribution in [0.4, 0.5) is 0 Å². The summed E-state index contributed by atoms with van der Waals surface area (Å²) in [6, 6.07) is 5.41. The van der Waals surface area contributed by atoms with Gasteiger partial charge >= 0.3 is 0 Å². The molecule has 0 saturated heterocycles. The summed E-state index contributed by atoms with van der Waals surface area (Å²) >= 11 is 0. The van der Waals surface area contributed by atoms with Gasteiger partial charge in [-0.25, -0.2) is 0 Å². The minimum absolute atomic E-state index is 0.0701. The fourth-order valence-electron chi connectivity index (χ4n) is 3.31. The van der Waals surface area contributed by atoms with Crippen molar-refractivity contribution >= 4 is 11.8 Å². The van der Waals surface area contributed by atoms with Crippen molar-refractivity contribution in [3.05, 3.63) is 42.1 Å². The number of rotatable bonds is 6. The fraction of sp³-hybridized carbons (Fsp3) is 0.500. The largest absolute Gasteiger partial charge is 0.467 e. The Labute approximate surface area is 146 Å². The van der Waals surface area contributed by atoms with Crippen molar-refractivity contribution in [2.75, 3.05) is 6.54 Å². The first-order valence-corrected chi connectivity index (χ1v) is 8.78. The molecule has 1 N–H and O–H groups in total. The average molecular weight is 342 g/mol. The van der Waals surface area contributed by atoms with Gasteiger partial charge in [-0.15, -0.1) is 0 Å². The van der Waals surface area contributed by atoms with Gasteiger partial charge in [0.25, 0.3) is 0 Å². The number of nitrogens with zero attached hydrogens (tertiary/aromatic N) is 3. The van der Waals surface area contributed by atoms with Crippen molar-refractivity contribution in [2.24, 2.45) is 5.92 Å². The number of fused-ring (bicyclic) bond motifs is 1. The predicted octanol–water partition coefficient (Wildman–Crippen LogP) is 1.87. The molecule has 25 heavy (non-hydrogen) atoms. The van der Waals surface area contributed by atoms with Gasteiger partial charge < -0.3 is 14.6 Å². The van der Waals surface area contributed by atoms with E-state index in [4.69, 9.17) is 4.42 Å². The van der Waals surface area contributed by atoms with Crippen molar-refractivity contribution in [3.8, 4) is 0 Å². The second-order valence-corrected chi connectivity index (χ2v) is 6.90. The van der Waals surface area contributed by atoms with Crippen molar-refractivity contribution in [1.29, 1.82) is 0 Å². The van der Waals surface area contributed by atoms with Crippen molar-refractivity contribution in [1.82, 2.24) is 20.0 Å². The Kier molecular flexibility index (Phi) is 4.29. The highest BCUT2D eigenvalue weighted by atomic mass is 16.3. The standard InChI is InChI=1S/C18H22N4O3/c23-17(19-10-16-2-1-7-25-16)9-15-12-21(18(24)8-13-3-4-13)11-14-5-6-20-22(14)15/h1-2,5-7,13,15H,3-4,8-12H2,(H,19,23)/t15-/m0/s1. The molecule has 1 aliphatic carbocycles. The first-order valence-electron chi connectivity index (χ1n) is 8.78. The molecule has 2 aromatic rings.